The molecule has 1 rings (SSSR count). The first kappa shape index (κ1) is 13.4. The number of amides is 1. The van der Waals surface area contributed by atoms with Crippen molar-refractivity contribution in [3.05, 3.63) is 23.6 Å². The maximum atomic E-state index is 13.2. The van der Waals surface area contributed by atoms with Crippen molar-refractivity contribution in [2.24, 2.45) is 5.73 Å². The number of pyridine rings is 1. The highest BCUT2D eigenvalue weighted by molar-refractivity contribution is 5.94. The second kappa shape index (κ2) is 5.57. The highest BCUT2D eigenvalue weighted by Crippen LogP contribution is 2.11. The summed E-state index contributed by atoms with van der Waals surface area (Å²) in [6.07, 6.45) is -1.15. The lowest BCUT2D eigenvalue weighted by atomic mass is 10.2. The van der Waals surface area contributed by atoms with E-state index in [1.807, 2.05) is 0 Å². The van der Waals surface area contributed by atoms with Gasteiger partial charge < -0.3 is 15.3 Å². The normalized spacial score (nSPS) is 9.44. The standard InChI is InChI=1S/C9H9FN4O4/c1-4(15)18-14-9(16)17-6-3-2-5(8(11)12)7(10)13-6/h2-3H,1H3,(H3,11,12)(H,14,16). The number of aromatic nitrogens is 1. The first-order chi connectivity index (χ1) is 8.40. The minimum absolute atomic E-state index is 0.220. The molecule has 1 amide bonds. The van der Waals surface area contributed by atoms with Gasteiger partial charge in [-0.25, -0.2) is 4.79 Å². The van der Waals surface area contributed by atoms with Crippen LogP contribution in [0.3, 0.4) is 0 Å². The fourth-order valence-electron chi connectivity index (χ4n) is 0.905. The molecule has 0 radical (unpaired) electrons. The Morgan fingerprint density at radius 3 is 2.67 bits per heavy atom. The first-order valence-electron chi connectivity index (χ1n) is 4.56. The van der Waals surface area contributed by atoms with Crippen molar-refractivity contribution >= 4 is 17.9 Å². The van der Waals surface area contributed by atoms with Crippen molar-refractivity contribution in [3.63, 3.8) is 0 Å². The van der Waals surface area contributed by atoms with Gasteiger partial charge in [0.25, 0.3) is 0 Å². The number of carbonyl (C=O) groups excluding carboxylic acids is 2. The summed E-state index contributed by atoms with van der Waals surface area (Å²) in [7, 11) is 0. The van der Waals surface area contributed by atoms with Crippen LogP contribution in [0.2, 0.25) is 0 Å². The number of ether oxygens (including phenoxy) is 1. The van der Waals surface area contributed by atoms with E-state index in [1.54, 1.807) is 5.48 Å². The Morgan fingerprint density at radius 2 is 2.17 bits per heavy atom. The molecule has 0 atom stereocenters. The fraction of sp³-hybridized carbons (Fsp3) is 0.111. The Labute approximate surface area is 100 Å². The van der Waals surface area contributed by atoms with Crippen molar-refractivity contribution in [2.75, 3.05) is 0 Å². The number of halogens is 1. The van der Waals surface area contributed by atoms with Crippen LogP contribution in [0.4, 0.5) is 9.18 Å². The monoisotopic (exact) mass is 256 g/mol. The van der Waals surface area contributed by atoms with Gasteiger partial charge in [0, 0.05) is 13.0 Å². The number of amidine groups is 1. The molecule has 0 aliphatic heterocycles. The lowest BCUT2D eigenvalue weighted by Gasteiger charge is -2.05. The number of hydrogen-bond donors (Lipinski definition) is 3. The van der Waals surface area contributed by atoms with Crippen LogP contribution >= 0.6 is 0 Å². The molecule has 18 heavy (non-hydrogen) atoms. The highest BCUT2D eigenvalue weighted by atomic mass is 19.1. The van der Waals surface area contributed by atoms with Gasteiger partial charge in [-0.2, -0.15) is 9.37 Å². The molecule has 0 aliphatic rings. The van der Waals surface area contributed by atoms with E-state index in [2.05, 4.69) is 14.6 Å². The summed E-state index contributed by atoms with van der Waals surface area (Å²) in [5, 5.41) is 7.02. The molecule has 0 unspecified atom stereocenters. The zero-order valence-corrected chi connectivity index (χ0v) is 9.19. The summed E-state index contributed by atoms with van der Waals surface area (Å²) in [5.41, 5.74) is 6.50. The van der Waals surface area contributed by atoms with Gasteiger partial charge in [-0.1, -0.05) is 0 Å². The molecule has 0 fully saturated rings. The van der Waals surface area contributed by atoms with Crippen LogP contribution in [-0.2, 0) is 9.63 Å². The minimum Gasteiger partial charge on any atom is -0.389 e. The van der Waals surface area contributed by atoms with Crippen LogP contribution in [0, 0.1) is 11.4 Å². The van der Waals surface area contributed by atoms with Gasteiger partial charge in [0.05, 0.1) is 5.56 Å². The van der Waals surface area contributed by atoms with E-state index in [-0.39, 0.29) is 11.4 Å². The number of rotatable bonds is 2. The summed E-state index contributed by atoms with van der Waals surface area (Å²) in [6.45, 7) is 1.07. The average molecular weight is 256 g/mol. The van der Waals surface area contributed by atoms with E-state index < -0.39 is 23.8 Å². The molecular weight excluding hydrogens is 247 g/mol. The molecule has 0 aliphatic carbocycles. The van der Waals surface area contributed by atoms with E-state index >= 15 is 0 Å². The van der Waals surface area contributed by atoms with Gasteiger partial charge >= 0.3 is 12.1 Å². The number of nitrogens with one attached hydrogen (secondary N) is 2. The van der Waals surface area contributed by atoms with Gasteiger partial charge in [0.1, 0.15) is 5.84 Å². The number of hydroxylamine groups is 1. The lowest BCUT2D eigenvalue weighted by Crippen LogP contribution is -2.29. The van der Waals surface area contributed by atoms with Crippen LogP contribution in [0.1, 0.15) is 12.5 Å². The van der Waals surface area contributed by atoms with Gasteiger partial charge in [-0.15, -0.1) is 5.48 Å². The van der Waals surface area contributed by atoms with Crippen molar-refractivity contribution in [3.8, 4) is 5.88 Å². The predicted molar refractivity (Wildman–Crippen MR) is 56.1 cm³/mol. The van der Waals surface area contributed by atoms with Crippen LogP contribution in [0.15, 0.2) is 12.1 Å². The van der Waals surface area contributed by atoms with E-state index in [4.69, 9.17) is 11.1 Å². The molecule has 96 valence electrons. The highest BCUT2D eigenvalue weighted by Gasteiger charge is 2.11. The Morgan fingerprint density at radius 1 is 1.50 bits per heavy atom. The van der Waals surface area contributed by atoms with Crippen LogP contribution in [0.25, 0.3) is 0 Å². The number of nitrogen functional groups attached to an aromatic ring is 1. The number of carbonyl (C=O) groups is 2. The lowest BCUT2D eigenvalue weighted by molar-refractivity contribution is -0.146. The third-order valence-electron chi connectivity index (χ3n) is 1.59. The SMILES string of the molecule is CC(=O)ONC(=O)Oc1ccc(C(=N)N)c(F)n1. The van der Waals surface area contributed by atoms with Gasteiger partial charge in [0.15, 0.2) is 0 Å². The summed E-state index contributed by atoms with van der Waals surface area (Å²) in [5.74, 6) is -2.68. The molecule has 0 bridgehead atoms. The van der Waals surface area contributed by atoms with Crippen molar-refractivity contribution in [2.45, 2.75) is 6.92 Å². The zero-order chi connectivity index (χ0) is 13.7. The largest absolute Gasteiger partial charge is 0.447 e. The van der Waals surface area contributed by atoms with E-state index in [9.17, 15) is 14.0 Å². The molecule has 8 nitrogen and oxygen atoms in total. The molecule has 0 spiro atoms. The minimum atomic E-state index is -1.15. The van der Waals surface area contributed by atoms with Crippen LogP contribution in [-0.4, -0.2) is 22.9 Å². The molecule has 0 saturated heterocycles. The molecule has 1 aromatic heterocycles. The maximum Gasteiger partial charge on any atom is 0.447 e. The fourth-order valence-corrected chi connectivity index (χ4v) is 0.905. The van der Waals surface area contributed by atoms with Gasteiger partial charge in [-0.3, -0.25) is 10.2 Å². The maximum absolute atomic E-state index is 13.2. The number of nitrogens with zero attached hydrogens (tertiary/aromatic N) is 1. The van der Waals surface area contributed by atoms with E-state index in [0.717, 1.165) is 19.1 Å². The van der Waals surface area contributed by atoms with Crippen LogP contribution < -0.4 is 16.0 Å². The van der Waals surface area contributed by atoms with Crippen LogP contribution in [0.5, 0.6) is 5.88 Å². The van der Waals surface area contributed by atoms with Gasteiger partial charge in [0.2, 0.25) is 11.8 Å². The summed E-state index contributed by atoms with van der Waals surface area (Å²) < 4.78 is 17.7. The molecule has 1 aromatic rings. The summed E-state index contributed by atoms with van der Waals surface area (Å²) >= 11 is 0. The third kappa shape index (κ3) is 3.70. The molecule has 0 saturated carbocycles. The second-order valence-electron chi connectivity index (χ2n) is 2.99. The topological polar surface area (TPSA) is 127 Å². The predicted octanol–water partition coefficient (Wildman–Crippen LogP) is 0.0713. The number of hydrogen-bond acceptors (Lipinski definition) is 6. The number of nitrogens with two attached hydrogens (primary N) is 1. The van der Waals surface area contributed by atoms with Crippen molar-refractivity contribution in [1.82, 2.24) is 10.5 Å². The molecule has 4 N–H and O–H groups in total. The molecular formula is C9H9FN4O4. The third-order valence-corrected chi connectivity index (χ3v) is 1.59. The van der Waals surface area contributed by atoms with Crippen molar-refractivity contribution in [1.29, 1.82) is 5.41 Å². The molecule has 1 heterocycles. The van der Waals surface area contributed by atoms with Crippen molar-refractivity contribution < 1.29 is 23.6 Å². The Hall–Kier alpha value is -2.71. The average Bonchev–Trinajstić information content (AvgIpc) is 2.26. The molecule has 9 heteroatoms. The Balaban J connectivity index is 2.69. The first-order valence-corrected chi connectivity index (χ1v) is 4.56. The summed E-state index contributed by atoms with van der Waals surface area (Å²) in [4.78, 5) is 28.8. The smallest absolute Gasteiger partial charge is 0.389 e. The van der Waals surface area contributed by atoms with E-state index in [0.29, 0.717) is 0 Å². The second-order valence-corrected chi connectivity index (χ2v) is 2.99. The Bertz CT molecular complexity index is 505. The van der Waals surface area contributed by atoms with Gasteiger partial charge in [-0.05, 0) is 6.07 Å². The molecule has 0 aromatic carbocycles. The quantitative estimate of drug-likeness (QED) is 0.297. The Kier molecular flexibility index (Phi) is 4.13. The zero-order valence-electron chi connectivity index (χ0n) is 9.19. The summed E-state index contributed by atoms with van der Waals surface area (Å²) in [6, 6.07) is 2.26. The van der Waals surface area contributed by atoms with E-state index in [1.165, 1.54) is 0 Å².